The van der Waals surface area contributed by atoms with Gasteiger partial charge in [0.2, 0.25) is 0 Å². The first-order chi connectivity index (χ1) is 9.31. The Hall–Kier alpha value is -2.55. The molecule has 0 bridgehead atoms. The van der Waals surface area contributed by atoms with Crippen molar-refractivity contribution in [2.45, 2.75) is 6.54 Å². The Morgan fingerprint density at radius 3 is 2.79 bits per heavy atom. The van der Waals surface area contributed by atoms with Gasteiger partial charge in [0.05, 0.1) is 6.33 Å². The number of fused-ring (bicyclic) bond motifs is 1. The van der Waals surface area contributed by atoms with Crippen LogP contribution in [0.3, 0.4) is 0 Å². The number of nitrogens with zero attached hydrogens (tertiary/aromatic N) is 2. The highest BCUT2D eigenvalue weighted by molar-refractivity contribution is 5.85. The van der Waals surface area contributed by atoms with Crippen LogP contribution in [0.4, 0.5) is 0 Å². The molecule has 19 heavy (non-hydrogen) atoms. The molecule has 0 unspecified atom stereocenters. The highest BCUT2D eigenvalue weighted by atomic mass is 16.3. The Kier molecular flexibility index (Phi) is 3.02. The van der Waals surface area contributed by atoms with Gasteiger partial charge in [-0.05, 0) is 34.5 Å². The number of benzene rings is 2. The quantitative estimate of drug-likeness (QED) is 0.773. The minimum absolute atomic E-state index is 0.302. The number of allylic oxidation sites excluding steroid dienone is 1. The number of phenols is 1. The lowest BCUT2D eigenvalue weighted by Gasteiger charge is -2.01. The number of phenolic OH excluding ortho intramolecular Hbond substituents is 1. The van der Waals surface area contributed by atoms with Crippen LogP contribution in [0.15, 0.2) is 61.2 Å². The molecule has 0 radical (unpaired) electrons. The summed E-state index contributed by atoms with van der Waals surface area (Å²) in [6.07, 6.45) is 9.70. The van der Waals surface area contributed by atoms with E-state index in [0.29, 0.717) is 5.75 Å². The number of hydrogen-bond acceptors (Lipinski definition) is 2. The Morgan fingerprint density at radius 2 is 1.95 bits per heavy atom. The first kappa shape index (κ1) is 11.5. The highest BCUT2D eigenvalue weighted by Crippen LogP contribution is 2.21. The molecule has 0 atom stereocenters. The molecule has 2 aromatic carbocycles. The van der Waals surface area contributed by atoms with Gasteiger partial charge in [0.15, 0.2) is 0 Å². The summed E-state index contributed by atoms with van der Waals surface area (Å²) in [5, 5.41) is 11.6. The molecule has 3 aromatic rings. The van der Waals surface area contributed by atoms with Gasteiger partial charge in [-0.2, -0.15) is 0 Å². The molecule has 1 heterocycles. The Labute approximate surface area is 111 Å². The van der Waals surface area contributed by atoms with Crippen molar-refractivity contribution < 1.29 is 5.11 Å². The van der Waals surface area contributed by atoms with Crippen LogP contribution < -0.4 is 0 Å². The van der Waals surface area contributed by atoms with E-state index in [0.717, 1.165) is 22.9 Å². The fraction of sp³-hybridized carbons (Fsp3) is 0.0625. The lowest BCUT2D eigenvalue weighted by atomic mass is 10.1. The molecule has 0 aliphatic rings. The van der Waals surface area contributed by atoms with E-state index in [1.165, 1.54) is 0 Å². The second-order valence-electron chi connectivity index (χ2n) is 4.45. The number of rotatable bonds is 3. The molecular formula is C16H14N2O. The van der Waals surface area contributed by atoms with Crippen molar-refractivity contribution in [3.63, 3.8) is 0 Å². The van der Waals surface area contributed by atoms with E-state index in [1.54, 1.807) is 24.7 Å². The molecule has 3 heteroatoms. The molecule has 94 valence electrons. The minimum atomic E-state index is 0.302. The second kappa shape index (κ2) is 4.98. The van der Waals surface area contributed by atoms with Crippen LogP contribution >= 0.6 is 0 Å². The number of aromatic hydroxyl groups is 1. The summed E-state index contributed by atoms with van der Waals surface area (Å²) in [6, 6.07) is 11.6. The third-order valence-electron chi connectivity index (χ3n) is 3.03. The van der Waals surface area contributed by atoms with Gasteiger partial charge in [-0.3, -0.25) is 0 Å². The first-order valence-electron chi connectivity index (χ1n) is 6.16. The van der Waals surface area contributed by atoms with Gasteiger partial charge in [0.25, 0.3) is 0 Å². The van der Waals surface area contributed by atoms with E-state index in [1.807, 2.05) is 29.0 Å². The van der Waals surface area contributed by atoms with Gasteiger partial charge in [-0.1, -0.05) is 30.4 Å². The maximum Gasteiger partial charge on any atom is 0.116 e. The van der Waals surface area contributed by atoms with Gasteiger partial charge < -0.3 is 9.67 Å². The topological polar surface area (TPSA) is 38.0 Å². The van der Waals surface area contributed by atoms with Crippen LogP contribution in [0.5, 0.6) is 5.75 Å². The van der Waals surface area contributed by atoms with E-state index < -0.39 is 0 Å². The first-order valence-corrected chi connectivity index (χ1v) is 6.16. The second-order valence-corrected chi connectivity index (χ2v) is 4.45. The van der Waals surface area contributed by atoms with Crippen LogP contribution in [0.1, 0.15) is 5.56 Å². The average molecular weight is 250 g/mol. The third kappa shape index (κ3) is 2.65. The molecule has 0 saturated carbocycles. The van der Waals surface area contributed by atoms with Crippen LogP contribution in [-0.4, -0.2) is 14.7 Å². The zero-order valence-electron chi connectivity index (χ0n) is 10.4. The van der Waals surface area contributed by atoms with Crippen molar-refractivity contribution in [1.82, 2.24) is 9.55 Å². The summed E-state index contributed by atoms with van der Waals surface area (Å²) in [4.78, 5) is 4.00. The van der Waals surface area contributed by atoms with Gasteiger partial charge in [0, 0.05) is 18.9 Å². The van der Waals surface area contributed by atoms with E-state index >= 15 is 0 Å². The van der Waals surface area contributed by atoms with Crippen LogP contribution in [-0.2, 0) is 6.54 Å². The molecule has 0 aliphatic carbocycles. The average Bonchev–Trinajstić information content (AvgIpc) is 2.92. The van der Waals surface area contributed by atoms with E-state index in [4.69, 9.17) is 0 Å². The van der Waals surface area contributed by atoms with Gasteiger partial charge in [-0.15, -0.1) is 0 Å². The molecule has 0 fully saturated rings. The standard InChI is InChI=1S/C16H14N2O/c19-16-6-5-14-10-13(3-4-15(14)11-16)2-1-8-18-9-7-17-12-18/h1-7,9-12,19H,8H2/b2-1+. The maximum absolute atomic E-state index is 9.42. The molecule has 0 spiro atoms. The zero-order chi connectivity index (χ0) is 13.1. The Bertz CT molecular complexity index is 715. The summed E-state index contributed by atoms with van der Waals surface area (Å²) in [7, 11) is 0. The van der Waals surface area contributed by atoms with E-state index in [9.17, 15) is 5.11 Å². The number of aromatic nitrogens is 2. The molecule has 1 N–H and O–H groups in total. The van der Waals surface area contributed by atoms with Gasteiger partial charge in [-0.25, -0.2) is 4.98 Å². The normalized spacial score (nSPS) is 11.4. The molecule has 0 saturated heterocycles. The number of imidazole rings is 1. The zero-order valence-corrected chi connectivity index (χ0v) is 10.4. The van der Waals surface area contributed by atoms with Gasteiger partial charge in [0.1, 0.15) is 5.75 Å². The van der Waals surface area contributed by atoms with Crippen LogP contribution in [0, 0.1) is 0 Å². The molecule has 1 aromatic heterocycles. The summed E-state index contributed by atoms with van der Waals surface area (Å²) < 4.78 is 2.01. The predicted molar refractivity (Wildman–Crippen MR) is 76.9 cm³/mol. The summed E-state index contributed by atoms with van der Waals surface area (Å²) >= 11 is 0. The van der Waals surface area contributed by atoms with E-state index in [-0.39, 0.29) is 0 Å². The Morgan fingerprint density at radius 1 is 1.11 bits per heavy atom. The Balaban J connectivity index is 1.81. The SMILES string of the molecule is Oc1ccc2cc(/C=C/Cn3ccnc3)ccc2c1. The lowest BCUT2D eigenvalue weighted by molar-refractivity contribution is 0.476. The molecule has 3 nitrogen and oxygen atoms in total. The monoisotopic (exact) mass is 250 g/mol. The number of hydrogen-bond donors (Lipinski definition) is 1. The predicted octanol–water partition coefficient (Wildman–Crippen LogP) is 3.46. The maximum atomic E-state index is 9.42. The van der Waals surface area contributed by atoms with Crippen molar-refractivity contribution in [2.24, 2.45) is 0 Å². The van der Waals surface area contributed by atoms with E-state index in [2.05, 4.69) is 23.2 Å². The fourth-order valence-corrected chi connectivity index (χ4v) is 2.06. The van der Waals surface area contributed by atoms with Crippen molar-refractivity contribution in [1.29, 1.82) is 0 Å². The fourth-order valence-electron chi connectivity index (χ4n) is 2.06. The van der Waals surface area contributed by atoms with Crippen molar-refractivity contribution in [2.75, 3.05) is 0 Å². The third-order valence-corrected chi connectivity index (χ3v) is 3.03. The molecule has 0 aliphatic heterocycles. The summed E-state index contributed by atoms with van der Waals surface area (Å²) in [6.45, 7) is 0.813. The molecule has 0 amide bonds. The summed E-state index contributed by atoms with van der Waals surface area (Å²) in [5.41, 5.74) is 1.15. The molecule has 3 rings (SSSR count). The van der Waals surface area contributed by atoms with Crippen molar-refractivity contribution >= 4 is 16.8 Å². The smallest absolute Gasteiger partial charge is 0.116 e. The summed E-state index contributed by atoms with van der Waals surface area (Å²) in [5.74, 6) is 0.302. The molecular weight excluding hydrogens is 236 g/mol. The highest BCUT2D eigenvalue weighted by Gasteiger charge is 1.96. The van der Waals surface area contributed by atoms with Crippen molar-refractivity contribution in [3.8, 4) is 5.75 Å². The van der Waals surface area contributed by atoms with Crippen LogP contribution in [0.25, 0.3) is 16.8 Å². The van der Waals surface area contributed by atoms with Crippen molar-refractivity contribution in [3.05, 3.63) is 66.8 Å². The van der Waals surface area contributed by atoms with Crippen LogP contribution in [0.2, 0.25) is 0 Å². The lowest BCUT2D eigenvalue weighted by Crippen LogP contribution is -1.89. The largest absolute Gasteiger partial charge is 0.508 e. The van der Waals surface area contributed by atoms with Gasteiger partial charge >= 0.3 is 0 Å². The minimum Gasteiger partial charge on any atom is -0.508 e.